The summed E-state index contributed by atoms with van der Waals surface area (Å²) in [5.74, 6) is 0. The number of thiophene rings is 1. The second-order valence-corrected chi connectivity index (χ2v) is 12.0. The van der Waals surface area contributed by atoms with E-state index in [2.05, 4.69) is 150 Å². The van der Waals surface area contributed by atoms with Crippen LogP contribution in [0.2, 0.25) is 0 Å². The minimum atomic E-state index is 0.889. The van der Waals surface area contributed by atoms with Gasteiger partial charge >= 0.3 is 0 Å². The van der Waals surface area contributed by atoms with Gasteiger partial charge in [-0.1, -0.05) is 115 Å². The molecule has 0 spiro atoms. The summed E-state index contributed by atoms with van der Waals surface area (Å²) in [5.41, 5.74) is 7.48. The molecule has 0 radical (unpaired) electrons. The van der Waals surface area contributed by atoms with Crippen molar-refractivity contribution >= 4 is 81.3 Å². The van der Waals surface area contributed by atoms with Gasteiger partial charge in [0.1, 0.15) is 5.58 Å². The molecule has 43 heavy (non-hydrogen) atoms. The van der Waals surface area contributed by atoms with Gasteiger partial charge in [-0.2, -0.15) is 0 Å². The van der Waals surface area contributed by atoms with Crippen LogP contribution in [0.25, 0.3) is 64.0 Å². The minimum absolute atomic E-state index is 0.889. The standard InChI is InChI=1S/C40H25NOS/c1-2-12-29-26(10-1)11-7-15-30(29)27-22-24-28(25-23-27)41(35-18-8-16-33-31-13-3-5-20-37(31)42-39(33)35)36-19-9-17-34-32-14-4-6-21-38(32)43-40(34)36/h1-25H. The lowest BCUT2D eigenvalue weighted by Gasteiger charge is -2.26. The van der Waals surface area contributed by atoms with Crippen molar-refractivity contribution in [2.45, 2.75) is 0 Å². The average Bonchev–Trinajstić information content (AvgIpc) is 3.65. The highest BCUT2D eigenvalue weighted by Crippen LogP contribution is 2.47. The first-order valence-corrected chi connectivity index (χ1v) is 15.3. The molecular weight excluding hydrogens is 543 g/mol. The van der Waals surface area contributed by atoms with Gasteiger partial charge in [0.25, 0.3) is 0 Å². The third kappa shape index (κ3) is 3.79. The molecule has 0 amide bonds. The van der Waals surface area contributed by atoms with Crippen LogP contribution in [0.4, 0.5) is 17.1 Å². The number of anilines is 3. The van der Waals surface area contributed by atoms with E-state index >= 15 is 0 Å². The lowest BCUT2D eigenvalue weighted by atomic mass is 9.98. The van der Waals surface area contributed by atoms with E-state index in [9.17, 15) is 0 Å². The molecule has 0 saturated carbocycles. The fraction of sp³-hybridized carbons (Fsp3) is 0. The molecule has 0 saturated heterocycles. The van der Waals surface area contributed by atoms with Crippen LogP contribution in [0.3, 0.4) is 0 Å². The summed E-state index contributed by atoms with van der Waals surface area (Å²) in [6.07, 6.45) is 0. The number of furan rings is 1. The zero-order valence-corrected chi connectivity index (χ0v) is 24.0. The van der Waals surface area contributed by atoms with Crippen LogP contribution in [-0.4, -0.2) is 0 Å². The Morgan fingerprint density at radius 1 is 0.465 bits per heavy atom. The minimum Gasteiger partial charge on any atom is -0.454 e. The Kier molecular flexibility index (Phi) is 5.40. The number of nitrogens with zero attached hydrogens (tertiary/aromatic N) is 1. The van der Waals surface area contributed by atoms with E-state index < -0.39 is 0 Å². The Morgan fingerprint density at radius 2 is 1.12 bits per heavy atom. The molecule has 9 aromatic rings. The maximum Gasteiger partial charge on any atom is 0.159 e. The van der Waals surface area contributed by atoms with Crippen LogP contribution in [0, 0.1) is 0 Å². The Balaban J connectivity index is 1.29. The van der Waals surface area contributed by atoms with E-state index in [1.807, 2.05) is 17.4 Å². The van der Waals surface area contributed by atoms with E-state index in [4.69, 9.17) is 4.42 Å². The molecule has 0 unspecified atom stereocenters. The maximum atomic E-state index is 6.58. The molecule has 3 heteroatoms. The SMILES string of the molecule is c1ccc2c(-c3ccc(N(c4cccc5c4oc4ccccc45)c4cccc5c4sc4ccccc45)cc3)cccc2c1. The van der Waals surface area contributed by atoms with Crippen molar-refractivity contribution < 1.29 is 4.42 Å². The number of hydrogen-bond donors (Lipinski definition) is 0. The Labute approximate surface area is 252 Å². The molecular formula is C40H25NOS. The van der Waals surface area contributed by atoms with Gasteiger partial charge in [0.15, 0.2) is 5.58 Å². The van der Waals surface area contributed by atoms with E-state index in [1.165, 1.54) is 42.1 Å². The zero-order chi connectivity index (χ0) is 28.3. The largest absolute Gasteiger partial charge is 0.454 e. The molecule has 7 aromatic carbocycles. The molecule has 0 atom stereocenters. The monoisotopic (exact) mass is 567 g/mol. The van der Waals surface area contributed by atoms with E-state index in [1.54, 1.807) is 0 Å². The lowest BCUT2D eigenvalue weighted by molar-refractivity contribution is 0.669. The average molecular weight is 568 g/mol. The van der Waals surface area contributed by atoms with Crippen molar-refractivity contribution in [3.63, 3.8) is 0 Å². The molecule has 2 nitrogen and oxygen atoms in total. The summed E-state index contributed by atoms with van der Waals surface area (Å²) in [7, 11) is 0. The summed E-state index contributed by atoms with van der Waals surface area (Å²) < 4.78 is 9.13. The van der Waals surface area contributed by atoms with Gasteiger partial charge < -0.3 is 9.32 Å². The molecule has 0 N–H and O–H groups in total. The molecule has 2 heterocycles. The van der Waals surface area contributed by atoms with Crippen LogP contribution in [0.1, 0.15) is 0 Å². The van der Waals surface area contributed by atoms with Crippen molar-refractivity contribution in [1.29, 1.82) is 0 Å². The summed E-state index contributed by atoms with van der Waals surface area (Å²) in [5, 5.41) is 7.32. The molecule has 2 aromatic heterocycles. The van der Waals surface area contributed by atoms with Gasteiger partial charge in [-0.15, -0.1) is 11.3 Å². The van der Waals surface area contributed by atoms with Gasteiger partial charge in [-0.25, -0.2) is 0 Å². The van der Waals surface area contributed by atoms with Gasteiger partial charge in [-0.05, 0) is 58.3 Å². The summed E-state index contributed by atoms with van der Waals surface area (Å²) in [6.45, 7) is 0. The highest BCUT2D eigenvalue weighted by molar-refractivity contribution is 7.26. The molecule has 0 bridgehead atoms. The summed E-state index contributed by atoms with van der Waals surface area (Å²) >= 11 is 1.85. The van der Waals surface area contributed by atoms with Crippen LogP contribution in [0.5, 0.6) is 0 Å². The first-order chi connectivity index (χ1) is 21.3. The first kappa shape index (κ1) is 24.2. The molecule has 0 aliphatic rings. The molecule has 0 fully saturated rings. The molecule has 9 rings (SSSR count). The van der Waals surface area contributed by atoms with Gasteiger partial charge in [0.2, 0.25) is 0 Å². The highest BCUT2D eigenvalue weighted by atomic mass is 32.1. The van der Waals surface area contributed by atoms with Gasteiger partial charge in [0, 0.05) is 31.9 Å². The highest BCUT2D eigenvalue weighted by Gasteiger charge is 2.22. The smallest absolute Gasteiger partial charge is 0.159 e. The van der Waals surface area contributed by atoms with Crippen molar-refractivity contribution in [2.75, 3.05) is 4.90 Å². The molecule has 0 aliphatic heterocycles. The predicted molar refractivity (Wildman–Crippen MR) is 184 cm³/mol. The van der Waals surface area contributed by atoms with E-state index in [0.717, 1.165) is 39.0 Å². The van der Waals surface area contributed by atoms with Crippen molar-refractivity contribution in [2.24, 2.45) is 0 Å². The van der Waals surface area contributed by atoms with Gasteiger partial charge in [-0.3, -0.25) is 0 Å². The Bertz CT molecular complexity index is 2350. The number of benzene rings is 7. The van der Waals surface area contributed by atoms with Gasteiger partial charge in [0.05, 0.1) is 16.1 Å². The Morgan fingerprint density at radius 3 is 2.00 bits per heavy atom. The fourth-order valence-electron chi connectivity index (χ4n) is 6.49. The lowest BCUT2D eigenvalue weighted by Crippen LogP contribution is -2.10. The number of rotatable bonds is 4. The zero-order valence-electron chi connectivity index (χ0n) is 23.2. The normalized spacial score (nSPS) is 11.7. The van der Waals surface area contributed by atoms with E-state index in [-0.39, 0.29) is 0 Å². The quantitative estimate of drug-likeness (QED) is 0.210. The van der Waals surface area contributed by atoms with Crippen LogP contribution in [-0.2, 0) is 0 Å². The van der Waals surface area contributed by atoms with Crippen molar-refractivity contribution in [3.8, 4) is 11.1 Å². The van der Waals surface area contributed by atoms with Crippen LogP contribution >= 0.6 is 11.3 Å². The van der Waals surface area contributed by atoms with Crippen LogP contribution < -0.4 is 4.90 Å². The second kappa shape index (κ2) is 9.59. The summed E-state index contributed by atoms with van der Waals surface area (Å²) in [4.78, 5) is 2.37. The van der Waals surface area contributed by atoms with Crippen molar-refractivity contribution in [3.05, 3.63) is 152 Å². The van der Waals surface area contributed by atoms with E-state index in [0.29, 0.717) is 0 Å². The predicted octanol–water partition coefficient (Wildman–Crippen LogP) is 12.2. The first-order valence-electron chi connectivity index (χ1n) is 14.5. The number of fused-ring (bicyclic) bond motifs is 7. The van der Waals surface area contributed by atoms with Crippen molar-refractivity contribution in [1.82, 2.24) is 0 Å². The second-order valence-electron chi connectivity index (χ2n) is 10.9. The third-order valence-electron chi connectivity index (χ3n) is 8.47. The molecule has 0 aliphatic carbocycles. The number of hydrogen-bond acceptors (Lipinski definition) is 3. The topological polar surface area (TPSA) is 16.4 Å². The third-order valence-corrected chi connectivity index (χ3v) is 9.68. The Hall–Kier alpha value is -5.38. The number of para-hydroxylation sites is 2. The maximum absolute atomic E-state index is 6.58. The van der Waals surface area contributed by atoms with Crippen LogP contribution in [0.15, 0.2) is 156 Å². The fourth-order valence-corrected chi connectivity index (χ4v) is 7.70. The molecule has 202 valence electrons. The summed E-state index contributed by atoms with van der Waals surface area (Å²) in [6, 6.07) is 54.2.